The summed E-state index contributed by atoms with van der Waals surface area (Å²) in [5.74, 6) is 0.820. The fraction of sp³-hybridized carbons (Fsp3) is 0.942. The molecule has 0 saturated carbocycles. The molecule has 0 aromatic heterocycles. The Morgan fingerprint density at radius 1 is 0.284 bits per heavy atom. The van der Waals surface area contributed by atoms with Gasteiger partial charge in [0.15, 0.2) is 12.2 Å². The second-order valence-corrected chi connectivity index (χ2v) is 29.7. The Labute approximate surface area is 537 Å². The van der Waals surface area contributed by atoms with Crippen molar-refractivity contribution in [3.63, 3.8) is 0 Å². The van der Waals surface area contributed by atoms with Gasteiger partial charge in [-0.15, -0.1) is 0 Å². The van der Waals surface area contributed by atoms with Crippen LogP contribution in [-0.2, 0) is 65.4 Å². The van der Waals surface area contributed by atoms with Crippen molar-refractivity contribution in [3.8, 4) is 0 Å². The zero-order chi connectivity index (χ0) is 65.4. The van der Waals surface area contributed by atoms with Crippen LogP contribution in [0.5, 0.6) is 0 Å². The molecule has 0 radical (unpaired) electrons. The van der Waals surface area contributed by atoms with E-state index >= 15 is 0 Å². The molecule has 3 unspecified atom stereocenters. The quantitative estimate of drug-likeness (QED) is 0.0222. The number of unbranched alkanes of at least 4 members (excludes halogenated alkanes) is 32. The van der Waals surface area contributed by atoms with Gasteiger partial charge in [0.25, 0.3) is 0 Å². The highest BCUT2D eigenvalue weighted by Crippen LogP contribution is 2.45. The number of ether oxygens (including phenoxy) is 4. The van der Waals surface area contributed by atoms with Gasteiger partial charge < -0.3 is 33.8 Å². The molecule has 17 nitrogen and oxygen atoms in total. The number of hydrogen-bond acceptors (Lipinski definition) is 15. The Morgan fingerprint density at radius 2 is 0.477 bits per heavy atom. The molecule has 0 amide bonds. The molecule has 0 aromatic carbocycles. The molecule has 88 heavy (non-hydrogen) atoms. The van der Waals surface area contributed by atoms with Crippen LogP contribution >= 0.6 is 15.6 Å². The first-order valence-corrected chi connectivity index (χ1v) is 38.7. The molecule has 0 bridgehead atoms. The SMILES string of the molecule is CC(C)CCCCCCCCCCCCCC(=O)OC[C@H](COP(=O)(O)OCC(O)COP(=O)(O)OC[C@@H](COC(=O)CCCCCCCCCCC(C)C)OC(=O)CCCCCCCCCCCC(C)C)OC(=O)CCCCCCCCCCC(C)C. The first kappa shape index (κ1) is 86.1. The lowest BCUT2D eigenvalue weighted by Crippen LogP contribution is -2.30. The van der Waals surface area contributed by atoms with E-state index in [0.29, 0.717) is 25.7 Å². The molecular weight excluding hydrogens is 1160 g/mol. The Hall–Kier alpha value is -1.94. The smallest absolute Gasteiger partial charge is 0.462 e. The van der Waals surface area contributed by atoms with E-state index in [9.17, 15) is 43.2 Å². The topological polar surface area (TPSA) is 237 Å². The van der Waals surface area contributed by atoms with Crippen LogP contribution in [0.2, 0.25) is 0 Å². The number of aliphatic hydroxyl groups is 1. The number of carbonyl (C=O) groups is 4. The minimum atomic E-state index is -4.95. The second-order valence-electron chi connectivity index (χ2n) is 26.8. The van der Waals surface area contributed by atoms with Gasteiger partial charge in [0.05, 0.1) is 26.4 Å². The molecule has 0 fully saturated rings. The van der Waals surface area contributed by atoms with E-state index in [4.69, 9.17) is 37.0 Å². The monoisotopic (exact) mass is 1300 g/mol. The maximum atomic E-state index is 13.0. The zero-order valence-corrected chi connectivity index (χ0v) is 59.1. The normalized spacial score (nSPS) is 14.3. The van der Waals surface area contributed by atoms with E-state index in [1.165, 1.54) is 141 Å². The number of hydrogen-bond donors (Lipinski definition) is 3. The van der Waals surface area contributed by atoms with Crippen LogP contribution in [0.25, 0.3) is 0 Å². The van der Waals surface area contributed by atoms with Gasteiger partial charge in [-0.05, 0) is 49.4 Å². The van der Waals surface area contributed by atoms with Gasteiger partial charge in [-0.1, -0.05) is 287 Å². The molecule has 19 heteroatoms. The van der Waals surface area contributed by atoms with Crippen LogP contribution in [0.15, 0.2) is 0 Å². The highest BCUT2D eigenvalue weighted by molar-refractivity contribution is 7.47. The van der Waals surface area contributed by atoms with Crippen LogP contribution in [0.1, 0.15) is 338 Å². The van der Waals surface area contributed by atoms with Crippen molar-refractivity contribution >= 4 is 39.5 Å². The molecule has 0 aromatic rings. The molecule has 0 rings (SSSR count). The number of rotatable bonds is 66. The lowest BCUT2D eigenvalue weighted by molar-refractivity contribution is -0.161. The molecule has 3 N–H and O–H groups in total. The second kappa shape index (κ2) is 58.8. The minimum Gasteiger partial charge on any atom is -0.462 e. The molecule has 5 atom stereocenters. The maximum Gasteiger partial charge on any atom is 0.472 e. The van der Waals surface area contributed by atoms with Gasteiger partial charge in [0.1, 0.15) is 19.3 Å². The van der Waals surface area contributed by atoms with Crippen LogP contribution in [0.4, 0.5) is 0 Å². The Bertz CT molecular complexity index is 1750. The Balaban J connectivity index is 5.25. The van der Waals surface area contributed by atoms with Crippen molar-refractivity contribution in [2.45, 2.75) is 356 Å². The van der Waals surface area contributed by atoms with E-state index in [1.807, 2.05) is 0 Å². The van der Waals surface area contributed by atoms with Crippen molar-refractivity contribution in [3.05, 3.63) is 0 Å². The molecular formula is C69H134O17P2. The summed E-state index contributed by atoms with van der Waals surface area (Å²) in [7, 11) is -9.90. The molecule has 0 saturated heterocycles. The van der Waals surface area contributed by atoms with Crippen molar-refractivity contribution < 1.29 is 80.2 Å². The fourth-order valence-electron chi connectivity index (χ4n) is 10.3. The van der Waals surface area contributed by atoms with Gasteiger partial charge >= 0.3 is 39.5 Å². The van der Waals surface area contributed by atoms with Gasteiger partial charge in [-0.2, -0.15) is 0 Å². The van der Waals surface area contributed by atoms with Crippen molar-refractivity contribution in [1.29, 1.82) is 0 Å². The third kappa shape index (κ3) is 62.8. The van der Waals surface area contributed by atoms with Gasteiger partial charge in [0, 0.05) is 25.7 Å². The van der Waals surface area contributed by atoms with Crippen molar-refractivity contribution in [1.82, 2.24) is 0 Å². The molecule has 0 aliphatic heterocycles. The van der Waals surface area contributed by atoms with Crippen LogP contribution < -0.4 is 0 Å². The standard InChI is InChI=1S/C69H134O17P2/c1-59(2)45-37-29-21-13-10-9-11-15-25-33-41-49-66(71)79-55-65(86-69(74)52-44-36-28-20-18-24-32-40-48-62(7)8)58-84-88(77,78)82-54-63(70)53-81-87(75,76)83-57-64(56-80-67(72)50-42-34-26-19-17-23-31-39-47-61(5)6)85-68(73)51-43-35-27-16-12-14-22-30-38-46-60(3)4/h59-65,70H,9-58H2,1-8H3,(H,75,76)(H,77,78)/t63?,64-,65-/m1/s1. The summed E-state index contributed by atoms with van der Waals surface area (Å²) < 4.78 is 68.2. The molecule has 0 spiro atoms. The largest absolute Gasteiger partial charge is 0.472 e. The van der Waals surface area contributed by atoms with Crippen LogP contribution in [0, 0.1) is 23.7 Å². The number of esters is 4. The Morgan fingerprint density at radius 3 is 0.705 bits per heavy atom. The summed E-state index contributed by atoms with van der Waals surface area (Å²) in [5, 5.41) is 10.6. The molecule has 0 aliphatic rings. The molecule has 0 heterocycles. The van der Waals surface area contributed by atoms with Crippen molar-refractivity contribution in [2.75, 3.05) is 39.6 Å². The lowest BCUT2D eigenvalue weighted by atomic mass is 10.0. The number of phosphoric ester groups is 2. The number of phosphoric acid groups is 2. The highest BCUT2D eigenvalue weighted by atomic mass is 31.2. The van der Waals surface area contributed by atoms with Crippen LogP contribution in [-0.4, -0.2) is 96.7 Å². The summed E-state index contributed by atoms with van der Waals surface area (Å²) in [5.41, 5.74) is 0. The van der Waals surface area contributed by atoms with Gasteiger partial charge in [-0.3, -0.25) is 37.3 Å². The minimum absolute atomic E-state index is 0.104. The van der Waals surface area contributed by atoms with E-state index in [0.717, 1.165) is 114 Å². The highest BCUT2D eigenvalue weighted by Gasteiger charge is 2.30. The average molecular weight is 1300 g/mol. The average Bonchev–Trinajstić information content (AvgIpc) is 3.65. The first-order chi connectivity index (χ1) is 42.1. The van der Waals surface area contributed by atoms with Crippen molar-refractivity contribution in [2.24, 2.45) is 23.7 Å². The van der Waals surface area contributed by atoms with E-state index in [-0.39, 0.29) is 25.7 Å². The van der Waals surface area contributed by atoms with Gasteiger partial charge in [-0.25, -0.2) is 9.13 Å². The van der Waals surface area contributed by atoms with E-state index < -0.39 is 97.5 Å². The maximum absolute atomic E-state index is 13.0. The summed E-state index contributed by atoms with van der Waals surface area (Å²) in [6, 6.07) is 0. The van der Waals surface area contributed by atoms with Crippen LogP contribution in [0.3, 0.4) is 0 Å². The summed E-state index contributed by atoms with van der Waals surface area (Å²) in [6.07, 6.45) is 40.4. The third-order valence-corrected chi connectivity index (χ3v) is 17.7. The van der Waals surface area contributed by atoms with E-state index in [1.54, 1.807) is 0 Å². The predicted octanol–water partition coefficient (Wildman–Crippen LogP) is 19.3. The third-order valence-electron chi connectivity index (χ3n) is 15.8. The molecule has 0 aliphatic carbocycles. The van der Waals surface area contributed by atoms with E-state index in [2.05, 4.69) is 55.4 Å². The zero-order valence-electron chi connectivity index (χ0n) is 57.3. The number of carbonyl (C=O) groups excluding carboxylic acids is 4. The summed E-state index contributed by atoms with van der Waals surface area (Å²) in [4.78, 5) is 72.5. The predicted molar refractivity (Wildman–Crippen MR) is 354 cm³/mol. The molecule has 522 valence electrons. The first-order valence-electron chi connectivity index (χ1n) is 35.7. The lowest BCUT2D eigenvalue weighted by Gasteiger charge is -2.21. The Kier molecular flexibility index (Phi) is 57.6. The summed E-state index contributed by atoms with van der Waals surface area (Å²) in [6.45, 7) is 14.0. The van der Waals surface area contributed by atoms with Gasteiger partial charge in [0.2, 0.25) is 0 Å². The number of aliphatic hydroxyl groups excluding tert-OH is 1. The summed E-state index contributed by atoms with van der Waals surface area (Å²) >= 11 is 0. The fourth-order valence-corrected chi connectivity index (χ4v) is 11.9.